The summed E-state index contributed by atoms with van der Waals surface area (Å²) >= 11 is 0. The molecule has 1 aliphatic rings. The first-order valence-corrected chi connectivity index (χ1v) is 14.2. The summed E-state index contributed by atoms with van der Waals surface area (Å²) in [6, 6.07) is 8.42. The van der Waals surface area contributed by atoms with E-state index in [1.807, 2.05) is 13.8 Å². The molecular formula is C26H30FN5O7S. The van der Waals surface area contributed by atoms with Crippen LogP contribution >= 0.6 is 0 Å². The third kappa shape index (κ3) is 6.63. The second-order valence-electron chi connectivity index (χ2n) is 9.75. The van der Waals surface area contributed by atoms with Gasteiger partial charge in [0.05, 0.1) is 16.7 Å². The first kappa shape index (κ1) is 29.1. The molecule has 0 saturated carbocycles. The quantitative estimate of drug-likeness (QED) is 0.258. The van der Waals surface area contributed by atoms with Crippen molar-refractivity contribution < 1.29 is 32.0 Å². The highest BCUT2D eigenvalue weighted by Crippen LogP contribution is 2.35. The Morgan fingerprint density at radius 3 is 2.62 bits per heavy atom. The van der Waals surface area contributed by atoms with E-state index in [9.17, 15) is 27.7 Å². The van der Waals surface area contributed by atoms with Gasteiger partial charge in [-0.15, -0.1) is 0 Å². The molecule has 0 spiro atoms. The number of hydrogen-bond donors (Lipinski definition) is 2. The van der Waals surface area contributed by atoms with Crippen LogP contribution in [0.15, 0.2) is 47.4 Å². The van der Waals surface area contributed by atoms with Crippen LogP contribution in [0.1, 0.15) is 42.7 Å². The number of nitrogens with zero attached hydrogens (tertiary/aromatic N) is 3. The number of carbonyl (C=O) groups is 1. The van der Waals surface area contributed by atoms with Gasteiger partial charge in [0.2, 0.25) is 15.9 Å². The van der Waals surface area contributed by atoms with Gasteiger partial charge in [0.15, 0.2) is 5.69 Å². The number of rotatable bonds is 11. The van der Waals surface area contributed by atoms with Crippen LogP contribution in [0.3, 0.4) is 0 Å². The number of hydrogen-bond acceptors (Lipinski definition) is 8. The van der Waals surface area contributed by atoms with Crippen LogP contribution < -0.4 is 14.8 Å². The Balaban J connectivity index is 1.77. The highest BCUT2D eigenvalue weighted by molar-refractivity contribution is 7.89. The van der Waals surface area contributed by atoms with Gasteiger partial charge in [-0.05, 0) is 56.0 Å². The van der Waals surface area contributed by atoms with Gasteiger partial charge in [-0.1, -0.05) is 13.8 Å². The second-order valence-corrected chi connectivity index (χ2v) is 11.5. The molecule has 2 heterocycles. The Labute approximate surface area is 230 Å². The van der Waals surface area contributed by atoms with Gasteiger partial charge in [0.25, 0.3) is 11.6 Å². The Morgan fingerprint density at radius 2 is 2.00 bits per heavy atom. The molecule has 12 nitrogen and oxygen atoms in total. The monoisotopic (exact) mass is 575 g/mol. The summed E-state index contributed by atoms with van der Waals surface area (Å²) in [7, 11) is -4.24. The molecule has 3 aromatic rings. The van der Waals surface area contributed by atoms with E-state index in [4.69, 9.17) is 9.47 Å². The molecule has 0 aliphatic carbocycles. The molecule has 1 saturated heterocycles. The number of nitro groups is 1. The lowest BCUT2D eigenvalue weighted by molar-refractivity contribution is -0.385. The lowest BCUT2D eigenvalue weighted by Gasteiger charge is -2.15. The largest absolute Gasteiger partial charge is 0.437 e. The van der Waals surface area contributed by atoms with Crippen LogP contribution in [-0.2, 0) is 14.8 Å². The molecule has 1 aliphatic heterocycles. The summed E-state index contributed by atoms with van der Waals surface area (Å²) in [6.45, 7) is 6.19. The number of amides is 1. The number of nitro benzene ring substituents is 1. The van der Waals surface area contributed by atoms with Gasteiger partial charge in [-0.3, -0.25) is 14.9 Å². The van der Waals surface area contributed by atoms with Crippen molar-refractivity contribution in [2.75, 3.05) is 19.7 Å². The third-order valence-corrected chi connectivity index (χ3v) is 7.63. The van der Waals surface area contributed by atoms with Crippen LogP contribution in [0.2, 0.25) is 0 Å². The van der Waals surface area contributed by atoms with Crippen molar-refractivity contribution in [2.45, 2.75) is 44.6 Å². The number of non-ortho nitro benzene ring substituents is 1. The van der Waals surface area contributed by atoms with E-state index in [-0.39, 0.29) is 48.0 Å². The molecule has 14 heteroatoms. The Hall–Kier alpha value is -3.88. The number of halogens is 1. The predicted molar refractivity (Wildman–Crippen MR) is 143 cm³/mol. The van der Waals surface area contributed by atoms with E-state index in [1.54, 1.807) is 6.92 Å². The SMILES string of the molecule is Cc1c(C(=O)NC[C@H]2CCCO2)nn(-c2ccc(F)cc2)c1Oc1ccc([N+](=O)[O-])cc1S(=O)(=O)NCC(C)C. The van der Waals surface area contributed by atoms with Gasteiger partial charge < -0.3 is 14.8 Å². The number of sulfonamides is 1. The number of carbonyl (C=O) groups excluding carboxylic acids is 1. The second kappa shape index (κ2) is 12.1. The van der Waals surface area contributed by atoms with E-state index < -0.39 is 37.3 Å². The Morgan fingerprint density at radius 1 is 1.27 bits per heavy atom. The van der Waals surface area contributed by atoms with Gasteiger partial charge >= 0.3 is 0 Å². The minimum Gasteiger partial charge on any atom is -0.437 e. The molecule has 4 rings (SSSR count). The van der Waals surface area contributed by atoms with Crippen molar-refractivity contribution in [3.8, 4) is 17.3 Å². The van der Waals surface area contributed by atoms with E-state index in [2.05, 4.69) is 15.1 Å². The lowest BCUT2D eigenvalue weighted by atomic mass is 10.2. The van der Waals surface area contributed by atoms with Gasteiger partial charge in [0.1, 0.15) is 16.5 Å². The highest BCUT2D eigenvalue weighted by Gasteiger charge is 2.28. The molecule has 1 fully saturated rings. The van der Waals surface area contributed by atoms with Crippen LogP contribution in [0.25, 0.3) is 5.69 Å². The fourth-order valence-electron chi connectivity index (χ4n) is 4.03. The summed E-state index contributed by atoms with van der Waals surface area (Å²) in [6.07, 6.45) is 1.62. The molecular weight excluding hydrogens is 545 g/mol. The maximum absolute atomic E-state index is 13.7. The van der Waals surface area contributed by atoms with Gasteiger partial charge in [-0.25, -0.2) is 17.5 Å². The van der Waals surface area contributed by atoms with Crippen molar-refractivity contribution in [3.05, 3.63) is 69.7 Å². The molecule has 2 N–H and O–H groups in total. The van der Waals surface area contributed by atoms with Crippen molar-refractivity contribution in [3.63, 3.8) is 0 Å². The highest BCUT2D eigenvalue weighted by atomic mass is 32.2. The first-order chi connectivity index (χ1) is 19.0. The maximum atomic E-state index is 13.7. The molecule has 40 heavy (non-hydrogen) atoms. The third-order valence-electron chi connectivity index (χ3n) is 6.18. The van der Waals surface area contributed by atoms with Crippen LogP contribution in [0.5, 0.6) is 11.6 Å². The van der Waals surface area contributed by atoms with Gasteiger partial charge in [-0.2, -0.15) is 9.78 Å². The van der Waals surface area contributed by atoms with E-state index in [1.165, 1.54) is 35.0 Å². The average Bonchev–Trinajstić information content (AvgIpc) is 3.55. The summed E-state index contributed by atoms with van der Waals surface area (Å²) < 4.78 is 55.3. The zero-order valence-electron chi connectivity index (χ0n) is 22.2. The normalized spacial score (nSPS) is 15.4. The molecule has 2 aromatic carbocycles. The number of nitrogens with one attached hydrogen (secondary N) is 2. The van der Waals surface area contributed by atoms with Crippen molar-refractivity contribution in [1.82, 2.24) is 19.8 Å². The van der Waals surface area contributed by atoms with Crippen LogP contribution in [0.4, 0.5) is 10.1 Å². The molecule has 0 unspecified atom stereocenters. The minimum absolute atomic E-state index is 0.00146. The van der Waals surface area contributed by atoms with Crippen LogP contribution in [-0.4, -0.2) is 54.8 Å². The van der Waals surface area contributed by atoms with Gasteiger partial charge in [0, 0.05) is 37.4 Å². The molecule has 0 radical (unpaired) electrons. The summed E-state index contributed by atoms with van der Waals surface area (Å²) in [5, 5.41) is 18.6. The summed E-state index contributed by atoms with van der Waals surface area (Å²) in [5.41, 5.74) is 0.157. The summed E-state index contributed by atoms with van der Waals surface area (Å²) in [4.78, 5) is 23.3. The predicted octanol–water partition coefficient (Wildman–Crippen LogP) is 3.86. The van der Waals surface area contributed by atoms with Crippen LogP contribution in [0, 0.1) is 28.8 Å². The van der Waals surface area contributed by atoms with Crippen molar-refractivity contribution in [1.29, 1.82) is 0 Å². The smallest absolute Gasteiger partial charge is 0.272 e. The number of aromatic nitrogens is 2. The van der Waals surface area contributed by atoms with Crippen molar-refractivity contribution >= 4 is 21.6 Å². The van der Waals surface area contributed by atoms with E-state index >= 15 is 0 Å². The lowest BCUT2D eigenvalue weighted by Crippen LogP contribution is -2.32. The molecule has 0 bridgehead atoms. The topological polar surface area (TPSA) is 155 Å². The Kier molecular flexibility index (Phi) is 8.81. The Bertz CT molecular complexity index is 1500. The maximum Gasteiger partial charge on any atom is 0.272 e. The fourth-order valence-corrected chi connectivity index (χ4v) is 5.39. The summed E-state index contributed by atoms with van der Waals surface area (Å²) in [5.74, 6) is -1.28. The molecule has 1 amide bonds. The molecule has 214 valence electrons. The van der Waals surface area contributed by atoms with E-state index in [0.717, 1.165) is 25.0 Å². The first-order valence-electron chi connectivity index (χ1n) is 12.7. The number of ether oxygens (including phenoxy) is 2. The molecule has 1 aromatic heterocycles. The zero-order valence-corrected chi connectivity index (χ0v) is 23.0. The van der Waals surface area contributed by atoms with Crippen molar-refractivity contribution in [2.24, 2.45) is 5.92 Å². The molecule has 1 atom stereocenters. The van der Waals surface area contributed by atoms with E-state index in [0.29, 0.717) is 12.3 Å². The minimum atomic E-state index is -4.24. The fraction of sp³-hybridized carbons (Fsp3) is 0.385. The average molecular weight is 576 g/mol. The standard InChI is InChI=1S/C26H30FN5O7S/c1-16(2)14-29-40(36,37)23-13-20(32(34)35)10-11-22(23)39-26-17(3)24(25(33)28-15-21-5-4-12-38-21)30-31(26)19-8-6-18(27)7-9-19/h6-11,13,16,21,29H,4-5,12,14-15H2,1-3H3,(H,28,33)/t21-/m1/s1. The number of benzene rings is 2. The zero-order chi connectivity index (χ0) is 29.0.